The molecule has 114 valence electrons. The van der Waals surface area contributed by atoms with Gasteiger partial charge in [-0.2, -0.15) is 5.26 Å². The molecule has 1 aliphatic rings. The monoisotopic (exact) mass is 290 g/mol. The van der Waals surface area contributed by atoms with Crippen molar-refractivity contribution >= 4 is 0 Å². The van der Waals surface area contributed by atoms with Gasteiger partial charge in [-0.15, -0.1) is 0 Å². The number of nitrogens with one attached hydrogen (secondary N) is 1. The predicted molar refractivity (Wildman–Crippen MR) is 80.7 cm³/mol. The molecule has 0 aliphatic heterocycles. The van der Waals surface area contributed by atoms with E-state index in [2.05, 4.69) is 11.4 Å². The summed E-state index contributed by atoms with van der Waals surface area (Å²) >= 11 is 0. The van der Waals surface area contributed by atoms with Gasteiger partial charge >= 0.3 is 0 Å². The van der Waals surface area contributed by atoms with Gasteiger partial charge < -0.3 is 4.74 Å². The van der Waals surface area contributed by atoms with Gasteiger partial charge in [0.25, 0.3) is 0 Å². The van der Waals surface area contributed by atoms with Crippen LogP contribution in [0.2, 0.25) is 0 Å². The molecule has 0 heterocycles. The van der Waals surface area contributed by atoms with E-state index < -0.39 is 5.54 Å². The van der Waals surface area contributed by atoms with E-state index in [1.165, 1.54) is 6.07 Å². The third-order valence-corrected chi connectivity index (χ3v) is 3.97. The van der Waals surface area contributed by atoms with E-state index in [0.29, 0.717) is 18.4 Å². The quantitative estimate of drug-likeness (QED) is 0.742. The topological polar surface area (TPSA) is 45.0 Å². The van der Waals surface area contributed by atoms with Crippen molar-refractivity contribution in [3.63, 3.8) is 0 Å². The first-order chi connectivity index (χ1) is 10.1. The van der Waals surface area contributed by atoms with Crippen LogP contribution in [0.3, 0.4) is 0 Å². The Labute approximate surface area is 126 Å². The molecule has 0 bridgehead atoms. The fourth-order valence-electron chi connectivity index (χ4n) is 2.41. The first-order valence-electron chi connectivity index (χ1n) is 7.66. The lowest BCUT2D eigenvalue weighted by Crippen LogP contribution is -2.44. The highest BCUT2D eigenvalue weighted by atomic mass is 19.1. The van der Waals surface area contributed by atoms with Gasteiger partial charge in [0.1, 0.15) is 5.54 Å². The average molecular weight is 290 g/mol. The highest BCUT2D eigenvalue weighted by Gasteiger charge is 2.34. The second kappa shape index (κ2) is 6.91. The zero-order chi connectivity index (χ0) is 15.3. The predicted octanol–water partition coefficient (Wildman–Crippen LogP) is 3.72. The molecule has 1 atom stereocenters. The van der Waals surface area contributed by atoms with Crippen LogP contribution in [0, 0.1) is 24.1 Å². The number of benzene rings is 1. The number of nitriles is 1. The molecule has 0 spiro atoms. The van der Waals surface area contributed by atoms with Gasteiger partial charge in [0, 0.05) is 6.04 Å². The maximum atomic E-state index is 13.6. The van der Waals surface area contributed by atoms with Crippen molar-refractivity contribution in [1.82, 2.24) is 5.32 Å². The van der Waals surface area contributed by atoms with Gasteiger partial charge in [0.15, 0.2) is 11.6 Å². The van der Waals surface area contributed by atoms with Crippen LogP contribution in [0.25, 0.3) is 0 Å². The number of halogens is 1. The highest BCUT2D eigenvalue weighted by molar-refractivity contribution is 5.29. The summed E-state index contributed by atoms with van der Waals surface area (Å²) < 4.78 is 19.1. The van der Waals surface area contributed by atoms with E-state index in [9.17, 15) is 9.65 Å². The third-order valence-electron chi connectivity index (χ3n) is 3.97. The first-order valence-corrected chi connectivity index (χ1v) is 7.66. The van der Waals surface area contributed by atoms with Gasteiger partial charge in [-0.25, -0.2) is 4.39 Å². The summed E-state index contributed by atoms with van der Waals surface area (Å²) in [6.45, 7) is 4.36. The van der Waals surface area contributed by atoms with Crippen molar-refractivity contribution in [1.29, 1.82) is 5.26 Å². The lowest BCUT2D eigenvalue weighted by atomic mass is 9.92. The highest BCUT2D eigenvalue weighted by Crippen LogP contribution is 2.27. The minimum atomic E-state index is -0.463. The normalized spacial score (nSPS) is 17.0. The zero-order valence-corrected chi connectivity index (χ0v) is 12.8. The molecule has 0 amide bonds. The zero-order valence-electron chi connectivity index (χ0n) is 12.8. The van der Waals surface area contributed by atoms with Gasteiger partial charge in [-0.05, 0) is 56.7 Å². The van der Waals surface area contributed by atoms with Crippen molar-refractivity contribution in [2.75, 3.05) is 6.61 Å². The van der Waals surface area contributed by atoms with Crippen LogP contribution in [-0.4, -0.2) is 18.2 Å². The second-order valence-electron chi connectivity index (χ2n) is 5.85. The van der Waals surface area contributed by atoms with Crippen LogP contribution in [0.15, 0.2) is 18.2 Å². The molecule has 3 nitrogen and oxygen atoms in total. The summed E-state index contributed by atoms with van der Waals surface area (Å²) in [5.74, 6) is -0.0389. The molecule has 21 heavy (non-hydrogen) atoms. The minimum Gasteiger partial charge on any atom is -0.491 e. The van der Waals surface area contributed by atoms with Crippen LogP contribution >= 0.6 is 0 Å². The van der Waals surface area contributed by atoms with Crippen molar-refractivity contribution in [3.8, 4) is 11.8 Å². The smallest absolute Gasteiger partial charge is 0.165 e. The van der Waals surface area contributed by atoms with Crippen molar-refractivity contribution in [2.24, 2.45) is 0 Å². The van der Waals surface area contributed by atoms with Crippen LogP contribution in [-0.2, 0) is 0 Å². The Hall–Kier alpha value is -1.60. The van der Waals surface area contributed by atoms with Gasteiger partial charge in [0.2, 0.25) is 0 Å². The fraction of sp³-hybridized carbons (Fsp3) is 0.588. The van der Waals surface area contributed by atoms with Gasteiger partial charge in [0.05, 0.1) is 12.7 Å². The number of hydrogen-bond acceptors (Lipinski definition) is 3. The van der Waals surface area contributed by atoms with Crippen LogP contribution in [0.5, 0.6) is 5.75 Å². The number of ether oxygens (including phenoxy) is 1. The molecule has 1 N–H and O–H groups in total. The molecule has 0 saturated heterocycles. The maximum absolute atomic E-state index is 13.6. The maximum Gasteiger partial charge on any atom is 0.165 e. The summed E-state index contributed by atoms with van der Waals surface area (Å²) in [4.78, 5) is 0. The molecule has 1 aromatic carbocycles. The van der Waals surface area contributed by atoms with E-state index in [1.54, 1.807) is 12.1 Å². The molecule has 2 rings (SSSR count). The molecule has 0 radical (unpaired) electrons. The molecule has 1 aliphatic carbocycles. The Morgan fingerprint density at radius 2 is 2.24 bits per heavy atom. The molecular formula is C17H23FN2O. The second-order valence-corrected chi connectivity index (χ2v) is 5.85. The van der Waals surface area contributed by atoms with Crippen LogP contribution in [0.4, 0.5) is 4.39 Å². The Kier molecular flexibility index (Phi) is 5.19. The van der Waals surface area contributed by atoms with Crippen molar-refractivity contribution < 1.29 is 9.13 Å². The van der Waals surface area contributed by atoms with Crippen LogP contribution < -0.4 is 10.1 Å². The molecule has 4 heteroatoms. The number of nitrogens with zero attached hydrogens (tertiary/aromatic N) is 1. The SMILES string of the molecule is CCC(C#N)(CCCOc1cc(C)ccc1F)NC1CC1. The first kappa shape index (κ1) is 15.8. The Morgan fingerprint density at radius 1 is 1.48 bits per heavy atom. The molecule has 1 fully saturated rings. The lowest BCUT2D eigenvalue weighted by Gasteiger charge is -2.26. The molecule has 1 saturated carbocycles. The Bertz CT molecular complexity index is 522. The standard InChI is InChI=1S/C17H23FN2O/c1-3-17(12-19,20-14-6-7-14)9-4-10-21-16-11-13(2)5-8-15(16)18/h5,8,11,14,20H,3-4,6-7,9-10H2,1-2H3. The van der Waals surface area contributed by atoms with Gasteiger partial charge in [-0.1, -0.05) is 13.0 Å². The summed E-state index contributed by atoms with van der Waals surface area (Å²) in [6.07, 6.45) is 4.56. The van der Waals surface area contributed by atoms with Crippen LogP contribution in [0.1, 0.15) is 44.6 Å². The third kappa shape index (κ3) is 4.44. The number of hydrogen-bond donors (Lipinski definition) is 1. The van der Waals surface area contributed by atoms with Gasteiger partial charge in [-0.3, -0.25) is 5.32 Å². The van der Waals surface area contributed by atoms with Crippen molar-refractivity contribution in [3.05, 3.63) is 29.6 Å². The van der Waals surface area contributed by atoms with E-state index >= 15 is 0 Å². The largest absolute Gasteiger partial charge is 0.491 e. The molecule has 1 unspecified atom stereocenters. The molecular weight excluding hydrogens is 267 g/mol. The molecule has 1 aromatic rings. The van der Waals surface area contributed by atoms with E-state index in [1.807, 2.05) is 13.8 Å². The van der Waals surface area contributed by atoms with E-state index in [-0.39, 0.29) is 5.82 Å². The summed E-state index contributed by atoms with van der Waals surface area (Å²) in [5, 5.41) is 12.9. The summed E-state index contributed by atoms with van der Waals surface area (Å²) in [7, 11) is 0. The number of rotatable bonds is 8. The average Bonchev–Trinajstić information content (AvgIpc) is 3.29. The minimum absolute atomic E-state index is 0.296. The fourth-order valence-corrected chi connectivity index (χ4v) is 2.41. The lowest BCUT2D eigenvalue weighted by molar-refractivity contribution is 0.265. The number of aryl methyl sites for hydroxylation is 1. The van der Waals surface area contributed by atoms with Crippen molar-refractivity contribution in [2.45, 2.75) is 57.5 Å². The summed E-state index contributed by atoms with van der Waals surface area (Å²) in [5.41, 5.74) is 0.511. The van der Waals surface area contributed by atoms with E-state index in [0.717, 1.165) is 37.7 Å². The Morgan fingerprint density at radius 3 is 2.86 bits per heavy atom. The Balaban J connectivity index is 1.82. The van der Waals surface area contributed by atoms with E-state index in [4.69, 9.17) is 4.74 Å². The summed E-state index contributed by atoms with van der Waals surface area (Å²) in [6, 6.07) is 7.76. The molecule has 0 aromatic heterocycles.